The lowest BCUT2D eigenvalue weighted by Gasteiger charge is -2.30. The quantitative estimate of drug-likeness (QED) is 0.848. The highest BCUT2D eigenvalue weighted by Crippen LogP contribution is 2.28. The summed E-state index contributed by atoms with van der Waals surface area (Å²) >= 11 is 3.60. The third kappa shape index (κ3) is 1.93. The highest BCUT2D eigenvalue weighted by molar-refractivity contribution is 9.10. The van der Waals surface area contributed by atoms with Gasteiger partial charge in [0.15, 0.2) is 0 Å². The summed E-state index contributed by atoms with van der Waals surface area (Å²) in [6, 6.07) is 4.95. The average Bonchev–Trinajstić information content (AvgIpc) is 1.98. The standard InChI is InChI=1S/C11H15BrN2/c1-7-3-8(2)11(10(12)4-7)14-9-5-13-6-9/h3-4,9,13-14H,5-6H2,1-2H3. The molecule has 0 radical (unpaired) electrons. The smallest absolute Gasteiger partial charge is 0.0517 e. The van der Waals surface area contributed by atoms with Crippen molar-refractivity contribution in [3.63, 3.8) is 0 Å². The van der Waals surface area contributed by atoms with Gasteiger partial charge in [-0.3, -0.25) is 0 Å². The zero-order chi connectivity index (χ0) is 10.1. The Morgan fingerprint density at radius 1 is 1.36 bits per heavy atom. The van der Waals surface area contributed by atoms with Gasteiger partial charge in [0.1, 0.15) is 0 Å². The average molecular weight is 255 g/mol. The number of halogens is 1. The molecule has 1 saturated heterocycles. The van der Waals surface area contributed by atoms with Crippen LogP contribution in [0.25, 0.3) is 0 Å². The van der Waals surface area contributed by atoms with Crippen LogP contribution in [-0.4, -0.2) is 19.1 Å². The van der Waals surface area contributed by atoms with Crippen LogP contribution >= 0.6 is 15.9 Å². The molecule has 0 bridgehead atoms. The van der Waals surface area contributed by atoms with E-state index >= 15 is 0 Å². The van der Waals surface area contributed by atoms with Gasteiger partial charge in [-0.2, -0.15) is 0 Å². The number of hydrogen-bond acceptors (Lipinski definition) is 2. The third-order valence-corrected chi connectivity index (χ3v) is 3.19. The highest BCUT2D eigenvalue weighted by Gasteiger charge is 2.17. The van der Waals surface area contributed by atoms with Gasteiger partial charge in [0.2, 0.25) is 0 Å². The second-order valence-electron chi connectivity index (χ2n) is 3.94. The predicted molar refractivity (Wildman–Crippen MR) is 63.9 cm³/mol. The van der Waals surface area contributed by atoms with Crippen molar-refractivity contribution in [2.75, 3.05) is 18.4 Å². The molecule has 3 heteroatoms. The van der Waals surface area contributed by atoms with Gasteiger partial charge in [-0.25, -0.2) is 0 Å². The largest absolute Gasteiger partial charge is 0.379 e. The first kappa shape index (κ1) is 9.99. The fourth-order valence-corrected chi connectivity index (χ4v) is 2.48. The molecule has 0 aromatic heterocycles. The molecule has 0 atom stereocenters. The van der Waals surface area contributed by atoms with Gasteiger partial charge in [0.05, 0.1) is 11.7 Å². The minimum atomic E-state index is 0.590. The van der Waals surface area contributed by atoms with Crippen molar-refractivity contribution in [3.05, 3.63) is 27.7 Å². The number of anilines is 1. The Morgan fingerprint density at radius 3 is 2.57 bits per heavy atom. The van der Waals surface area contributed by atoms with Crippen LogP contribution in [0, 0.1) is 13.8 Å². The van der Waals surface area contributed by atoms with Crippen molar-refractivity contribution in [2.45, 2.75) is 19.9 Å². The van der Waals surface area contributed by atoms with Crippen LogP contribution in [-0.2, 0) is 0 Å². The van der Waals surface area contributed by atoms with E-state index < -0.39 is 0 Å². The fourth-order valence-electron chi connectivity index (χ4n) is 1.69. The van der Waals surface area contributed by atoms with Gasteiger partial charge < -0.3 is 10.6 Å². The molecular weight excluding hydrogens is 240 g/mol. The Kier molecular flexibility index (Phi) is 2.79. The topological polar surface area (TPSA) is 24.1 Å². The van der Waals surface area contributed by atoms with Crippen LogP contribution in [0.15, 0.2) is 16.6 Å². The van der Waals surface area contributed by atoms with Gasteiger partial charge in [0.25, 0.3) is 0 Å². The molecule has 1 aromatic carbocycles. The van der Waals surface area contributed by atoms with Crippen LogP contribution in [0.3, 0.4) is 0 Å². The van der Waals surface area contributed by atoms with Crippen LogP contribution in [0.4, 0.5) is 5.69 Å². The molecule has 2 N–H and O–H groups in total. The van der Waals surface area contributed by atoms with E-state index in [1.807, 2.05) is 0 Å². The van der Waals surface area contributed by atoms with Crippen LogP contribution in [0.2, 0.25) is 0 Å². The van der Waals surface area contributed by atoms with Crippen molar-refractivity contribution < 1.29 is 0 Å². The molecule has 1 heterocycles. The second-order valence-corrected chi connectivity index (χ2v) is 4.79. The maximum Gasteiger partial charge on any atom is 0.0517 e. The summed E-state index contributed by atoms with van der Waals surface area (Å²) in [6.45, 7) is 6.40. The first-order valence-electron chi connectivity index (χ1n) is 4.91. The summed E-state index contributed by atoms with van der Waals surface area (Å²) in [5.41, 5.74) is 3.84. The monoisotopic (exact) mass is 254 g/mol. The first-order valence-corrected chi connectivity index (χ1v) is 5.70. The lowest BCUT2D eigenvalue weighted by molar-refractivity contribution is 0.472. The number of nitrogens with one attached hydrogen (secondary N) is 2. The summed E-state index contributed by atoms with van der Waals surface area (Å²) in [6.07, 6.45) is 0. The Balaban J connectivity index is 2.22. The Labute approximate surface area is 93.2 Å². The maximum atomic E-state index is 3.60. The predicted octanol–water partition coefficient (Wildman–Crippen LogP) is 2.45. The fraction of sp³-hybridized carbons (Fsp3) is 0.455. The van der Waals surface area contributed by atoms with Crippen LogP contribution in [0.1, 0.15) is 11.1 Å². The zero-order valence-electron chi connectivity index (χ0n) is 8.52. The van der Waals surface area contributed by atoms with Gasteiger partial charge >= 0.3 is 0 Å². The van der Waals surface area contributed by atoms with E-state index in [1.165, 1.54) is 21.3 Å². The molecule has 0 spiro atoms. The molecule has 2 rings (SSSR count). The van der Waals surface area contributed by atoms with Crippen LogP contribution < -0.4 is 10.6 Å². The summed E-state index contributed by atoms with van der Waals surface area (Å²) < 4.78 is 1.17. The molecule has 1 aliphatic rings. The molecule has 1 aliphatic heterocycles. The van der Waals surface area contributed by atoms with Crippen molar-refractivity contribution in [1.29, 1.82) is 0 Å². The molecule has 76 valence electrons. The third-order valence-electron chi connectivity index (χ3n) is 2.56. The van der Waals surface area contributed by atoms with E-state index in [2.05, 4.69) is 52.5 Å². The lowest BCUT2D eigenvalue weighted by atomic mass is 10.1. The van der Waals surface area contributed by atoms with Gasteiger partial charge in [0, 0.05) is 17.6 Å². The van der Waals surface area contributed by atoms with Crippen molar-refractivity contribution in [3.8, 4) is 0 Å². The van der Waals surface area contributed by atoms with E-state index in [4.69, 9.17) is 0 Å². The lowest BCUT2D eigenvalue weighted by Crippen LogP contribution is -2.51. The summed E-state index contributed by atoms with van der Waals surface area (Å²) in [7, 11) is 0. The minimum absolute atomic E-state index is 0.590. The molecule has 1 fully saturated rings. The van der Waals surface area contributed by atoms with E-state index in [0.29, 0.717) is 6.04 Å². The normalized spacial score (nSPS) is 16.5. The SMILES string of the molecule is Cc1cc(C)c(NC2CNC2)c(Br)c1. The maximum absolute atomic E-state index is 3.60. The number of benzene rings is 1. The number of aryl methyl sites for hydroxylation is 2. The Bertz CT molecular complexity index is 322. The highest BCUT2D eigenvalue weighted by atomic mass is 79.9. The van der Waals surface area contributed by atoms with Crippen molar-refractivity contribution in [1.82, 2.24) is 5.32 Å². The van der Waals surface area contributed by atoms with E-state index in [1.54, 1.807) is 0 Å². The molecule has 0 unspecified atom stereocenters. The van der Waals surface area contributed by atoms with E-state index in [9.17, 15) is 0 Å². The van der Waals surface area contributed by atoms with Crippen molar-refractivity contribution >= 4 is 21.6 Å². The summed E-state index contributed by atoms with van der Waals surface area (Å²) in [5, 5.41) is 6.79. The number of rotatable bonds is 2. The molecule has 0 amide bonds. The first-order chi connectivity index (χ1) is 6.66. The van der Waals surface area contributed by atoms with Crippen LogP contribution in [0.5, 0.6) is 0 Å². The minimum Gasteiger partial charge on any atom is -0.379 e. The number of hydrogen-bond donors (Lipinski definition) is 2. The molecule has 14 heavy (non-hydrogen) atoms. The van der Waals surface area contributed by atoms with E-state index in [-0.39, 0.29) is 0 Å². The second kappa shape index (κ2) is 3.91. The molecule has 2 nitrogen and oxygen atoms in total. The summed E-state index contributed by atoms with van der Waals surface area (Å²) in [5.74, 6) is 0. The van der Waals surface area contributed by atoms with E-state index in [0.717, 1.165) is 13.1 Å². The van der Waals surface area contributed by atoms with Gasteiger partial charge in [-0.05, 0) is 47.0 Å². The molecule has 0 saturated carbocycles. The Hall–Kier alpha value is -0.540. The summed E-state index contributed by atoms with van der Waals surface area (Å²) in [4.78, 5) is 0. The molecule has 0 aliphatic carbocycles. The Morgan fingerprint density at radius 2 is 2.07 bits per heavy atom. The molecule has 1 aromatic rings. The molecular formula is C11H15BrN2. The van der Waals surface area contributed by atoms with Gasteiger partial charge in [-0.15, -0.1) is 0 Å². The zero-order valence-corrected chi connectivity index (χ0v) is 10.1. The van der Waals surface area contributed by atoms with Crippen molar-refractivity contribution in [2.24, 2.45) is 0 Å². The van der Waals surface area contributed by atoms with Gasteiger partial charge in [-0.1, -0.05) is 6.07 Å².